The van der Waals surface area contributed by atoms with Crippen LogP contribution in [0.1, 0.15) is 0 Å². The summed E-state index contributed by atoms with van der Waals surface area (Å²) in [6.45, 7) is 9.40. The summed E-state index contributed by atoms with van der Waals surface area (Å²) in [7, 11) is 4.94. The van der Waals surface area contributed by atoms with Gasteiger partial charge in [-0.25, -0.2) is 0 Å². The van der Waals surface area contributed by atoms with Gasteiger partial charge < -0.3 is 0 Å². The van der Waals surface area contributed by atoms with Crippen LogP contribution < -0.4 is 0 Å². The van der Waals surface area contributed by atoms with Crippen LogP contribution in [0, 0.1) is 0 Å². The van der Waals surface area contributed by atoms with Crippen molar-refractivity contribution in [3.05, 3.63) is 0 Å². The molecule has 0 saturated heterocycles. The number of hydrogen-bond donors (Lipinski definition) is 0. The van der Waals surface area contributed by atoms with E-state index in [2.05, 4.69) is 11.3 Å². The molecule has 0 rings (SSSR count). The minimum atomic E-state index is 1.36. The Labute approximate surface area is 47.3 Å². The van der Waals surface area contributed by atoms with E-state index in [1.54, 1.807) is 13.8 Å². The van der Waals surface area contributed by atoms with Crippen molar-refractivity contribution in [2.24, 2.45) is 4.81 Å². The minimum absolute atomic E-state index is 1.36. The Hall–Kier alpha value is -0.00532. The molecule has 0 heterocycles. The van der Waals surface area contributed by atoms with E-state index in [0.29, 0.717) is 0 Å². The molecule has 0 aliphatic rings. The second-order valence-electron chi connectivity index (χ2n) is 0.875. The predicted octanol–water partition coefficient (Wildman–Crippen LogP) is -1.75. The van der Waals surface area contributed by atoms with Crippen molar-refractivity contribution in [3.63, 3.8) is 0 Å². The van der Waals surface area contributed by atoms with Gasteiger partial charge in [-0.1, -0.05) is 0 Å². The van der Waals surface area contributed by atoms with Crippen LogP contribution in [0.3, 0.4) is 0 Å². The van der Waals surface area contributed by atoms with E-state index in [-0.39, 0.29) is 0 Å². The maximum absolute atomic E-state index is 4.94. The Bertz CT molecular complexity index is 94.3. The van der Waals surface area contributed by atoms with E-state index >= 15 is 0 Å². The molecule has 0 fully saturated rings. The second kappa shape index (κ2) is 5.99. The molecular weight excluding hydrogens is 80.1 g/mol. The monoisotopic (exact) mass is 83.1 g/mol. The van der Waals surface area contributed by atoms with Crippen molar-refractivity contribution in [2.45, 2.75) is 0 Å². The zero-order valence-corrected chi connectivity index (χ0v) is 4.04. The van der Waals surface area contributed by atoms with Crippen molar-refractivity contribution in [3.8, 4) is 0 Å². The fourth-order valence-electron chi connectivity index (χ4n) is 0.160. The van der Waals surface area contributed by atoms with Gasteiger partial charge in [-0.3, -0.25) is 0 Å². The van der Waals surface area contributed by atoms with E-state index in [0.717, 1.165) is 0 Å². The molecule has 0 spiro atoms. The van der Waals surface area contributed by atoms with Crippen LogP contribution in [0.2, 0.25) is 0 Å². The summed E-state index contributed by atoms with van der Waals surface area (Å²) in [5, 5.41) is 0. The summed E-state index contributed by atoms with van der Waals surface area (Å²) in [6.07, 6.45) is 0. The summed E-state index contributed by atoms with van der Waals surface area (Å²) in [5.41, 5.74) is 0. The number of rotatable bonds is 2. The Balaban J connectivity index is 3.27. The molecule has 0 aromatic rings. The molecule has 0 aliphatic carbocycles. The number of hydrogen-bond acceptors (Lipinski definition) is 1. The van der Waals surface area contributed by atoms with E-state index in [4.69, 9.17) is 7.74 Å². The van der Waals surface area contributed by atoms with Crippen molar-refractivity contribution in [1.29, 1.82) is 0 Å². The molecule has 0 aromatic heterocycles. The molecule has 2 radical (unpaired) electrons. The Morgan fingerprint density at radius 1 is 1.57 bits per heavy atom. The van der Waals surface area contributed by atoms with E-state index in [9.17, 15) is 0 Å². The standard InChI is InChI=1S/CH2B5N/c1-3-5-7-6-4-2/h1H2. The third-order valence-corrected chi connectivity index (χ3v) is 0.364. The predicted molar refractivity (Wildman–Crippen MR) is 38.3 cm³/mol. The zero-order valence-electron chi connectivity index (χ0n) is 4.04. The van der Waals surface area contributed by atoms with Gasteiger partial charge in [0.1, 0.15) is 0 Å². The first-order valence-corrected chi connectivity index (χ1v) is 1.92. The molecular formula is CH2B5N. The fourth-order valence-corrected chi connectivity index (χ4v) is 0.160. The third kappa shape index (κ3) is 5.99. The molecule has 6 heteroatoms. The fraction of sp³-hybridized carbons (Fsp3) is 0. The Kier molecular flexibility index (Phi) is 5.99. The van der Waals surface area contributed by atoms with Gasteiger partial charge in [-0.2, -0.15) is 0 Å². The topological polar surface area (TPSA) is 12.4 Å². The molecule has 7 heavy (non-hydrogen) atoms. The third-order valence-electron chi connectivity index (χ3n) is 0.364. The summed E-state index contributed by atoms with van der Waals surface area (Å²) in [4.78, 5) is 3.66. The average Bonchev–Trinajstić information content (AvgIpc) is 1.69. The first kappa shape index (κ1) is 6.99. The summed E-state index contributed by atoms with van der Waals surface area (Å²) in [5.74, 6) is 0. The van der Waals surface area contributed by atoms with Gasteiger partial charge in [0.05, 0.1) is 0 Å². The van der Waals surface area contributed by atoms with Gasteiger partial charge in [-0.05, 0) is 0 Å². The molecule has 1 nitrogen and oxygen atoms in total. The second-order valence-corrected chi connectivity index (χ2v) is 0.875. The van der Waals surface area contributed by atoms with Crippen LogP contribution in [-0.2, 0) is 0 Å². The molecule has 0 aliphatic heterocycles. The van der Waals surface area contributed by atoms with Crippen LogP contribution in [-0.4, -0.2) is 41.6 Å². The number of nitrogens with zero attached hydrogens (tertiary/aromatic N) is 1. The van der Waals surface area contributed by atoms with Crippen molar-refractivity contribution in [2.75, 3.05) is 0 Å². The normalized spacial score (nSPS) is 6.86. The van der Waals surface area contributed by atoms with Crippen molar-refractivity contribution < 1.29 is 0 Å². The van der Waals surface area contributed by atoms with Gasteiger partial charge in [0.2, 0.25) is 0 Å². The van der Waals surface area contributed by atoms with Gasteiger partial charge in [0.15, 0.2) is 0 Å². The molecule has 0 unspecified atom stereocenters. The van der Waals surface area contributed by atoms with E-state index in [1.165, 1.54) is 13.6 Å². The SMILES string of the molecule is [B]B=BN=BB=C. The Morgan fingerprint density at radius 2 is 2.29 bits per heavy atom. The molecule has 0 aromatic carbocycles. The van der Waals surface area contributed by atoms with Crippen LogP contribution >= 0.6 is 0 Å². The van der Waals surface area contributed by atoms with Crippen molar-refractivity contribution >= 4 is 41.6 Å². The zero-order chi connectivity index (χ0) is 5.54. The van der Waals surface area contributed by atoms with Gasteiger partial charge >= 0.3 is 46.4 Å². The summed E-state index contributed by atoms with van der Waals surface area (Å²) >= 11 is 0. The molecule has 0 amide bonds. The molecule has 26 valence electrons. The van der Waals surface area contributed by atoms with Gasteiger partial charge in [-0.15, -0.1) is 0 Å². The van der Waals surface area contributed by atoms with Crippen LogP contribution in [0.15, 0.2) is 4.81 Å². The van der Waals surface area contributed by atoms with Crippen LogP contribution in [0.4, 0.5) is 0 Å². The van der Waals surface area contributed by atoms with Crippen molar-refractivity contribution in [1.82, 2.24) is 0 Å². The Morgan fingerprint density at radius 3 is 2.71 bits per heavy atom. The molecule has 0 atom stereocenters. The van der Waals surface area contributed by atoms with Gasteiger partial charge in [0.25, 0.3) is 0 Å². The quantitative estimate of drug-likeness (QED) is 0.350. The maximum atomic E-state index is 4.94. The molecule has 0 bridgehead atoms. The first-order chi connectivity index (χ1) is 3.41. The molecule has 0 saturated carbocycles. The van der Waals surface area contributed by atoms with Crippen LogP contribution in [0.5, 0.6) is 0 Å². The van der Waals surface area contributed by atoms with E-state index < -0.39 is 0 Å². The summed E-state index contributed by atoms with van der Waals surface area (Å²) < 4.78 is 0. The van der Waals surface area contributed by atoms with E-state index in [1.807, 2.05) is 0 Å². The average molecular weight is 82.1 g/mol. The van der Waals surface area contributed by atoms with Gasteiger partial charge in [0, 0.05) is 0 Å². The summed E-state index contributed by atoms with van der Waals surface area (Å²) in [6, 6.07) is 0. The first-order valence-electron chi connectivity index (χ1n) is 1.92. The molecule has 0 N–H and O–H groups in total. The van der Waals surface area contributed by atoms with Crippen LogP contribution in [0.25, 0.3) is 0 Å².